The summed E-state index contributed by atoms with van der Waals surface area (Å²) in [6, 6.07) is 0. The van der Waals surface area contributed by atoms with Crippen LogP contribution >= 0.6 is 47.8 Å². The van der Waals surface area contributed by atoms with E-state index in [9.17, 15) is 0 Å². The van der Waals surface area contributed by atoms with E-state index in [0.29, 0.717) is 17.8 Å². The van der Waals surface area contributed by atoms with Gasteiger partial charge in [-0.15, -0.1) is 10.2 Å². The van der Waals surface area contributed by atoms with Gasteiger partial charge in [0, 0.05) is 0 Å². The molecule has 0 radical (unpaired) electrons. The first-order valence-electron chi connectivity index (χ1n) is 3.70. The van der Waals surface area contributed by atoms with Gasteiger partial charge < -0.3 is 11.5 Å². The van der Waals surface area contributed by atoms with Crippen LogP contribution in [-0.2, 0) is 6.42 Å². The number of aromatic nitrogens is 3. The fourth-order valence-corrected chi connectivity index (χ4v) is 1.42. The Balaban J connectivity index is 2.73. The van der Waals surface area contributed by atoms with Crippen molar-refractivity contribution in [2.75, 3.05) is 11.5 Å². The molecule has 0 fully saturated rings. The molecule has 0 amide bonds. The van der Waals surface area contributed by atoms with Crippen LogP contribution < -0.4 is 11.5 Å². The van der Waals surface area contributed by atoms with E-state index in [2.05, 4.69) is 63.2 Å². The van der Waals surface area contributed by atoms with Crippen LogP contribution in [-0.4, -0.2) is 17.6 Å². The molecule has 0 unspecified atom stereocenters. The van der Waals surface area contributed by atoms with Crippen LogP contribution in [0.25, 0.3) is 0 Å². The zero-order valence-electron chi connectivity index (χ0n) is 7.04. The molecule has 1 aromatic heterocycles. The van der Waals surface area contributed by atoms with E-state index >= 15 is 0 Å². The molecule has 1 rings (SSSR count). The third-order valence-electron chi connectivity index (χ3n) is 1.55. The fraction of sp³-hybridized carbons (Fsp3) is 0.500. The summed E-state index contributed by atoms with van der Waals surface area (Å²) in [6.45, 7) is 0. The predicted molar refractivity (Wildman–Crippen MR) is 66.5 cm³/mol. The number of rotatable bonds is 2. The van der Waals surface area contributed by atoms with Crippen molar-refractivity contribution in [1.82, 2.24) is 15.4 Å². The number of aryl methyl sites for hydroxylation is 1. The summed E-state index contributed by atoms with van der Waals surface area (Å²) in [5.41, 5.74) is 12.2. The summed E-state index contributed by atoms with van der Waals surface area (Å²) >= 11 is 10.1. The zero-order chi connectivity index (χ0) is 10.8. The number of nitrogens with zero attached hydrogens (tertiary/aromatic N) is 3. The minimum absolute atomic E-state index is 0.222. The Morgan fingerprint density at radius 1 is 1.14 bits per heavy atom. The SMILES string of the molecule is Nc1nnnc(CCC(Br)(Br)Br)c1N. The molecule has 0 aliphatic carbocycles. The van der Waals surface area contributed by atoms with Gasteiger partial charge in [0.25, 0.3) is 0 Å². The molecule has 0 aliphatic heterocycles. The van der Waals surface area contributed by atoms with Gasteiger partial charge in [0.05, 0.1) is 5.69 Å². The number of alkyl halides is 3. The highest BCUT2D eigenvalue weighted by molar-refractivity contribution is 9.39. The van der Waals surface area contributed by atoms with Gasteiger partial charge in [-0.25, -0.2) is 0 Å². The van der Waals surface area contributed by atoms with Crippen molar-refractivity contribution < 1.29 is 0 Å². The molecule has 4 N–H and O–H groups in total. The maximum absolute atomic E-state index is 5.68. The van der Waals surface area contributed by atoms with Gasteiger partial charge in [-0.2, -0.15) is 0 Å². The third kappa shape index (κ3) is 3.66. The molecule has 0 saturated carbocycles. The molecule has 1 heterocycles. The molecule has 78 valence electrons. The lowest BCUT2D eigenvalue weighted by Gasteiger charge is -2.11. The summed E-state index contributed by atoms with van der Waals surface area (Å²) in [4.78, 5) is 0. The van der Waals surface area contributed by atoms with Crippen molar-refractivity contribution in [2.45, 2.75) is 15.0 Å². The van der Waals surface area contributed by atoms with Gasteiger partial charge in [0.1, 0.15) is 7.83 Å². The van der Waals surface area contributed by atoms with Crippen molar-refractivity contribution in [3.63, 3.8) is 0 Å². The van der Waals surface area contributed by atoms with Crippen molar-refractivity contribution in [1.29, 1.82) is 0 Å². The lowest BCUT2D eigenvalue weighted by molar-refractivity contribution is 0.782. The van der Waals surface area contributed by atoms with Crippen LogP contribution in [0.2, 0.25) is 0 Å². The van der Waals surface area contributed by atoms with E-state index in [1.807, 2.05) is 0 Å². The van der Waals surface area contributed by atoms with Crippen LogP contribution in [0.3, 0.4) is 0 Å². The maximum atomic E-state index is 5.68. The summed E-state index contributed by atoms with van der Waals surface area (Å²) in [5, 5.41) is 10.8. The number of hydrogen-bond acceptors (Lipinski definition) is 5. The minimum atomic E-state index is -0.306. The lowest BCUT2D eigenvalue weighted by Crippen LogP contribution is -2.10. The third-order valence-corrected chi connectivity index (χ3v) is 2.74. The second-order valence-electron chi connectivity index (χ2n) is 2.65. The van der Waals surface area contributed by atoms with Crippen molar-refractivity contribution in [2.24, 2.45) is 0 Å². The summed E-state index contributed by atoms with van der Waals surface area (Å²) in [6.07, 6.45) is 1.39. The molecule has 0 aromatic carbocycles. The molecule has 0 aliphatic rings. The normalized spacial score (nSPS) is 11.6. The molecule has 8 heteroatoms. The molecular weight excluding hydrogens is 382 g/mol. The Kier molecular flexibility index (Phi) is 4.08. The molecule has 0 saturated heterocycles. The van der Waals surface area contributed by atoms with Crippen LogP contribution in [0.5, 0.6) is 0 Å². The van der Waals surface area contributed by atoms with Gasteiger partial charge in [0.2, 0.25) is 0 Å². The quantitative estimate of drug-likeness (QED) is 0.753. The van der Waals surface area contributed by atoms with Gasteiger partial charge in [-0.05, 0) is 18.1 Å². The Morgan fingerprint density at radius 3 is 2.36 bits per heavy atom. The number of halogens is 3. The average Bonchev–Trinajstić information content (AvgIpc) is 2.06. The summed E-state index contributed by atoms with van der Waals surface area (Å²) < 4.78 is -0.306. The first-order valence-corrected chi connectivity index (χ1v) is 6.08. The van der Waals surface area contributed by atoms with Crippen LogP contribution in [0, 0.1) is 0 Å². The largest absolute Gasteiger partial charge is 0.394 e. The second-order valence-corrected chi connectivity index (χ2v) is 9.90. The molecular formula is C6H8Br3N5. The number of hydrogen-bond donors (Lipinski definition) is 2. The van der Waals surface area contributed by atoms with E-state index < -0.39 is 0 Å². The first-order chi connectivity index (χ1) is 6.40. The number of nitrogens with two attached hydrogens (primary N) is 2. The zero-order valence-corrected chi connectivity index (χ0v) is 11.8. The Morgan fingerprint density at radius 2 is 1.79 bits per heavy atom. The molecule has 14 heavy (non-hydrogen) atoms. The highest BCUT2D eigenvalue weighted by atomic mass is 80.0. The Bertz CT molecular complexity index is 324. The van der Waals surface area contributed by atoms with E-state index in [1.165, 1.54) is 0 Å². The highest BCUT2D eigenvalue weighted by Crippen LogP contribution is 2.38. The maximum Gasteiger partial charge on any atom is 0.173 e. The van der Waals surface area contributed by atoms with E-state index in [4.69, 9.17) is 11.5 Å². The topological polar surface area (TPSA) is 90.7 Å². The molecule has 0 atom stereocenters. The summed E-state index contributed by atoms with van der Waals surface area (Å²) in [7, 11) is 0. The molecule has 0 spiro atoms. The lowest BCUT2D eigenvalue weighted by atomic mass is 10.2. The summed E-state index contributed by atoms with van der Waals surface area (Å²) in [5.74, 6) is 0.222. The van der Waals surface area contributed by atoms with E-state index in [1.54, 1.807) is 0 Å². The monoisotopic (exact) mass is 387 g/mol. The van der Waals surface area contributed by atoms with Crippen LogP contribution in [0.15, 0.2) is 0 Å². The van der Waals surface area contributed by atoms with Gasteiger partial charge in [-0.1, -0.05) is 47.8 Å². The smallest absolute Gasteiger partial charge is 0.173 e. The Labute approximate surface area is 106 Å². The highest BCUT2D eigenvalue weighted by Gasteiger charge is 2.19. The first kappa shape index (κ1) is 12.1. The fourth-order valence-electron chi connectivity index (χ4n) is 0.825. The molecule has 0 bridgehead atoms. The van der Waals surface area contributed by atoms with Crippen molar-refractivity contribution >= 4 is 59.3 Å². The van der Waals surface area contributed by atoms with Crippen molar-refractivity contribution in [3.8, 4) is 0 Å². The van der Waals surface area contributed by atoms with Gasteiger partial charge in [0.15, 0.2) is 5.82 Å². The molecule has 5 nitrogen and oxygen atoms in total. The molecule has 1 aromatic rings. The van der Waals surface area contributed by atoms with E-state index in [-0.39, 0.29) is 7.96 Å². The number of nitrogen functional groups attached to an aromatic ring is 2. The van der Waals surface area contributed by atoms with E-state index in [0.717, 1.165) is 6.42 Å². The Hall–Kier alpha value is 0.0500. The average molecular weight is 390 g/mol. The van der Waals surface area contributed by atoms with Gasteiger partial charge in [-0.3, -0.25) is 0 Å². The van der Waals surface area contributed by atoms with Crippen molar-refractivity contribution in [3.05, 3.63) is 5.69 Å². The number of anilines is 2. The standard InChI is InChI=1S/C6H8Br3N5/c7-6(8,9)2-1-3-4(10)5(11)13-14-12-3/h1-2H2,(H2,10,14)(H2,11,12,13). The predicted octanol–water partition coefficient (Wildman–Crippen LogP) is 1.81. The van der Waals surface area contributed by atoms with Crippen LogP contribution in [0.1, 0.15) is 12.1 Å². The van der Waals surface area contributed by atoms with Crippen LogP contribution in [0.4, 0.5) is 11.5 Å². The minimum Gasteiger partial charge on any atom is -0.394 e. The second kappa shape index (κ2) is 4.71. The van der Waals surface area contributed by atoms with Gasteiger partial charge >= 0.3 is 0 Å².